The van der Waals surface area contributed by atoms with Gasteiger partial charge in [0.15, 0.2) is 0 Å². The SMILES string of the molecule is CSc1ccccc1C(NN)c1cccc2ccncc12. The summed E-state index contributed by atoms with van der Waals surface area (Å²) in [6.45, 7) is 0. The van der Waals surface area contributed by atoms with E-state index in [4.69, 9.17) is 5.84 Å². The number of nitrogens with zero attached hydrogens (tertiary/aromatic N) is 1. The van der Waals surface area contributed by atoms with Crippen molar-refractivity contribution in [1.29, 1.82) is 0 Å². The number of fused-ring (bicyclic) bond motifs is 1. The van der Waals surface area contributed by atoms with E-state index < -0.39 is 0 Å². The summed E-state index contributed by atoms with van der Waals surface area (Å²) in [5, 5.41) is 2.29. The standard InChI is InChI=1S/C17H17N3S/c1-21-16-8-3-2-6-14(16)17(20-18)13-7-4-5-12-9-10-19-11-15(12)13/h2-11,17,20H,18H2,1H3. The molecule has 3 rings (SSSR count). The minimum Gasteiger partial charge on any atom is -0.271 e. The van der Waals surface area contributed by atoms with Gasteiger partial charge in [-0.15, -0.1) is 11.8 Å². The highest BCUT2D eigenvalue weighted by atomic mass is 32.2. The molecule has 3 nitrogen and oxygen atoms in total. The van der Waals surface area contributed by atoms with Crippen LogP contribution in [0.3, 0.4) is 0 Å². The molecule has 21 heavy (non-hydrogen) atoms. The van der Waals surface area contributed by atoms with E-state index >= 15 is 0 Å². The fourth-order valence-electron chi connectivity index (χ4n) is 2.64. The van der Waals surface area contributed by atoms with E-state index in [1.807, 2.05) is 30.6 Å². The van der Waals surface area contributed by atoms with Crippen LogP contribution in [0.2, 0.25) is 0 Å². The van der Waals surface area contributed by atoms with Gasteiger partial charge in [0.1, 0.15) is 0 Å². The van der Waals surface area contributed by atoms with Crippen molar-refractivity contribution >= 4 is 22.5 Å². The summed E-state index contributed by atoms with van der Waals surface area (Å²) in [7, 11) is 0. The van der Waals surface area contributed by atoms with Crippen molar-refractivity contribution in [1.82, 2.24) is 10.4 Å². The van der Waals surface area contributed by atoms with Crippen molar-refractivity contribution < 1.29 is 0 Å². The third-order valence-corrected chi connectivity index (χ3v) is 4.46. The Bertz CT molecular complexity index is 752. The second-order valence-corrected chi connectivity index (χ2v) is 5.63. The lowest BCUT2D eigenvalue weighted by molar-refractivity contribution is 0.632. The molecule has 3 N–H and O–H groups in total. The summed E-state index contributed by atoms with van der Waals surface area (Å²) in [6.07, 6.45) is 5.79. The monoisotopic (exact) mass is 295 g/mol. The lowest BCUT2D eigenvalue weighted by Gasteiger charge is -2.21. The van der Waals surface area contributed by atoms with Crippen molar-refractivity contribution in [3.8, 4) is 0 Å². The molecule has 0 spiro atoms. The molecule has 0 bridgehead atoms. The average Bonchev–Trinajstić information content (AvgIpc) is 2.56. The smallest absolute Gasteiger partial charge is 0.0727 e. The second-order valence-electron chi connectivity index (χ2n) is 4.79. The average molecular weight is 295 g/mol. The van der Waals surface area contributed by atoms with Crippen LogP contribution < -0.4 is 11.3 Å². The van der Waals surface area contributed by atoms with Crippen LogP contribution in [0.5, 0.6) is 0 Å². The van der Waals surface area contributed by atoms with Gasteiger partial charge in [0.2, 0.25) is 0 Å². The summed E-state index contributed by atoms with van der Waals surface area (Å²) in [4.78, 5) is 5.48. The van der Waals surface area contributed by atoms with Gasteiger partial charge in [-0.2, -0.15) is 0 Å². The van der Waals surface area contributed by atoms with Crippen molar-refractivity contribution in [2.75, 3.05) is 6.26 Å². The molecule has 4 heteroatoms. The van der Waals surface area contributed by atoms with Crippen LogP contribution in [0.25, 0.3) is 10.8 Å². The van der Waals surface area contributed by atoms with E-state index in [0.717, 1.165) is 10.9 Å². The molecule has 0 fully saturated rings. The van der Waals surface area contributed by atoms with Crippen molar-refractivity contribution in [3.05, 3.63) is 72.1 Å². The first kappa shape index (κ1) is 14.1. The van der Waals surface area contributed by atoms with E-state index in [9.17, 15) is 0 Å². The molecular formula is C17H17N3S. The van der Waals surface area contributed by atoms with Crippen LogP contribution >= 0.6 is 11.8 Å². The highest BCUT2D eigenvalue weighted by Crippen LogP contribution is 2.32. The normalized spacial score (nSPS) is 12.5. The Morgan fingerprint density at radius 2 is 1.86 bits per heavy atom. The number of hydrogen-bond donors (Lipinski definition) is 2. The molecule has 0 saturated heterocycles. The number of rotatable bonds is 4. The van der Waals surface area contributed by atoms with Gasteiger partial charge in [0, 0.05) is 22.7 Å². The van der Waals surface area contributed by atoms with Gasteiger partial charge < -0.3 is 0 Å². The zero-order valence-corrected chi connectivity index (χ0v) is 12.6. The molecule has 0 amide bonds. The molecule has 0 aliphatic carbocycles. The van der Waals surface area contributed by atoms with Crippen LogP contribution in [-0.4, -0.2) is 11.2 Å². The van der Waals surface area contributed by atoms with Gasteiger partial charge in [0.05, 0.1) is 6.04 Å². The predicted octanol–water partition coefficient (Wildman–Crippen LogP) is 3.51. The number of thioether (sulfide) groups is 1. The van der Waals surface area contributed by atoms with E-state index in [0.29, 0.717) is 0 Å². The first-order valence-electron chi connectivity index (χ1n) is 6.77. The van der Waals surface area contributed by atoms with E-state index in [1.165, 1.54) is 15.8 Å². The molecule has 0 saturated carbocycles. The zero-order valence-electron chi connectivity index (χ0n) is 11.8. The van der Waals surface area contributed by atoms with Gasteiger partial charge in [-0.25, -0.2) is 5.43 Å². The highest BCUT2D eigenvalue weighted by molar-refractivity contribution is 7.98. The predicted molar refractivity (Wildman–Crippen MR) is 89.1 cm³/mol. The van der Waals surface area contributed by atoms with Crippen molar-refractivity contribution in [2.45, 2.75) is 10.9 Å². The molecule has 1 heterocycles. The molecule has 0 aliphatic heterocycles. The molecule has 0 aliphatic rings. The lowest BCUT2D eigenvalue weighted by Crippen LogP contribution is -2.29. The number of nitrogens with one attached hydrogen (secondary N) is 1. The van der Waals surface area contributed by atoms with Crippen molar-refractivity contribution in [3.63, 3.8) is 0 Å². The number of pyridine rings is 1. The first-order valence-corrected chi connectivity index (χ1v) is 7.99. The van der Waals surface area contributed by atoms with Crippen LogP contribution in [-0.2, 0) is 0 Å². The third-order valence-electron chi connectivity index (χ3n) is 3.64. The summed E-state index contributed by atoms with van der Waals surface area (Å²) < 4.78 is 0. The number of benzene rings is 2. The highest BCUT2D eigenvalue weighted by Gasteiger charge is 2.17. The second kappa shape index (κ2) is 6.26. The van der Waals surface area contributed by atoms with Crippen LogP contribution in [0, 0.1) is 0 Å². The van der Waals surface area contributed by atoms with Crippen LogP contribution in [0.1, 0.15) is 17.2 Å². The van der Waals surface area contributed by atoms with Crippen LogP contribution in [0.15, 0.2) is 65.8 Å². The van der Waals surface area contributed by atoms with E-state index in [2.05, 4.69) is 47.0 Å². The molecule has 1 aromatic heterocycles. The zero-order chi connectivity index (χ0) is 14.7. The first-order chi connectivity index (χ1) is 10.3. The quantitative estimate of drug-likeness (QED) is 0.439. The maximum absolute atomic E-state index is 5.87. The minimum absolute atomic E-state index is 0.0541. The Morgan fingerprint density at radius 1 is 1.05 bits per heavy atom. The Morgan fingerprint density at radius 3 is 2.67 bits per heavy atom. The maximum atomic E-state index is 5.87. The molecule has 1 unspecified atom stereocenters. The largest absolute Gasteiger partial charge is 0.271 e. The molecule has 3 aromatic rings. The van der Waals surface area contributed by atoms with E-state index in [1.54, 1.807) is 11.8 Å². The Labute approximate surface area is 128 Å². The minimum atomic E-state index is -0.0541. The van der Waals surface area contributed by atoms with Gasteiger partial charge in [-0.1, -0.05) is 36.4 Å². The fraction of sp³-hybridized carbons (Fsp3) is 0.118. The molecule has 106 valence electrons. The topological polar surface area (TPSA) is 50.9 Å². The Hall–Kier alpha value is -1.88. The van der Waals surface area contributed by atoms with Gasteiger partial charge in [-0.05, 0) is 34.9 Å². The van der Waals surface area contributed by atoms with Gasteiger partial charge in [0.25, 0.3) is 0 Å². The van der Waals surface area contributed by atoms with Gasteiger partial charge >= 0.3 is 0 Å². The van der Waals surface area contributed by atoms with Crippen molar-refractivity contribution in [2.24, 2.45) is 5.84 Å². The molecule has 0 radical (unpaired) electrons. The molecule has 1 atom stereocenters. The van der Waals surface area contributed by atoms with E-state index in [-0.39, 0.29) is 6.04 Å². The molecule has 2 aromatic carbocycles. The van der Waals surface area contributed by atoms with Gasteiger partial charge in [-0.3, -0.25) is 10.8 Å². The fourth-order valence-corrected chi connectivity index (χ4v) is 3.28. The number of hydrogen-bond acceptors (Lipinski definition) is 4. The Kier molecular flexibility index (Phi) is 4.20. The summed E-state index contributed by atoms with van der Waals surface area (Å²) in [5.41, 5.74) is 5.29. The maximum Gasteiger partial charge on any atom is 0.0727 e. The number of aromatic nitrogens is 1. The summed E-state index contributed by atoms with van der Waals surface area (Å²) in [6, 6.07) is 16.5. The Balaban J connectivity index is 2.19. The van der Waals surface area contributed by atoms with Crippen LogP contribution in [0.4, 0.5) is 0 Å². The number of hydrazine groups is 1. The molecular weight excluding hydrogens is 278 g/mol. The number of nitrogens with two attached hydrogens (primary N) is 1. The summed E-state index contributed by atoms with van der Waals surface area (Å²) >= 11 is 1.73. The lowest BCUT2D eigenvalue weighted by atomic mass is 9.95. The third kappa shape index (κ3) is 2.65. The summed E-state index contributed by atoms with van der Waals surface area (Å²) in [5.74, 6) is 5.87.